The van der Waals surface area contributed by atoms with E-state index in [2.05, 4.69) is 9.47 Å². The number of methoxy groups -OCH3 is 2. The molecule has 0 N–H and O–H groups in total. The minimum atomic E-state index is -0.789. The number of carbonyl (C=O) groups is 4. The van der Waals surface area contributed by atoms with Crippen molar-refractivity contribution in [1.82, 2.24) is 4.90 Å². The van der Waals surface area contributed by atoms with Gasteiger partial charge in [0.25, 0.3) is 5.91 Å². The van der Waals surface area contributed by atoms with Crippen molar-refractivity contribution >= 4 is 23.9 Å². The van der Waals surface area contributed by atoms with E-state index in [4.69, 9.17) is 4.74 Å². The van der Waals surface area contributed by atoms with Crippen LogP contribution in [0.1, 0.15) is 40.0 Å². The van der Waals surface area contributed by atoms with Crippen LogP contribution in [0.2, 0.25) is 0 Å². The van der Waals surface area contributed by atoms with Crippen LogP contribution in [0.3, 0.4) is 0 Å². The zero-order chi connectivity index (χ0) is 18.5. The molecule has 134 valence electrons. The molecule has 2 amide bonds. The van der Waals surface area contributed by atoms with Gasteiger partial charge in [0, 0.05) is 12.0 Å². The smallest absolute Gasteiger partial charge is 0.417 e. The Morgan fingerprint density at radius 3 is 2.17 bits per heavy atom. The molecule has 0 saturated heterocycles. The maximum atomic E-state index is 12.5. The van der Waals surface area contributed by atoms with Gasteiger partial charge in [-0.3, -0.25) is 14.4 Å². The summed E-state index contributed by atoms with van der Waals surface area (Å²) in [4.78, 5) is 48.4. The topological polar surface area (TPSA) is 99.2 Å². The van der Waals surface area contributed by atoms with E-state index in [1.54, 1.807) is 20.8 Å². The number of hydrogen-bond donors (Lipinski definition) is 0. The highest BCUT2D eigenvalue weighted by atomic mass is 16.6. The number of carbonyl (C=O) groups excluding carboxylic acids is 4. The molecule has 8 nitrogen and oxygen atoms in total. The van der Waals surface area contributed by atoms with E-state index in [1.807, 2.05) is 0 Å². The third kappa shape index (κ3) is 5.36. The fourth-order valence-electron chi connectivity index (χ4n) is 2.14. The predicted octanol–water partition coefficient (Wildman–Crippen LogP) is 1.58. The van der Waals surface area contributed by atoms with Crippen molar-refractivity contribution in [2.75, 3.05) is 20.8 Å². The SMILES string of the molecule is COC(=O)CCC1=C(CC(=O)OC)C(=O)N(C(=O)OC(C)(C)C)C1. The summed E-state index contributed by atoms with van der Waals surface area (Å²) >= 11 is 0. The maximum Gasteiger partial charge on any atom is 0.417 e. The number of imide groups is 1. The Bertz CT molecular complexity index is 571. The Hall–Kier alpha value is -2.38. The zero-order valence-electron chi connectivity index (χ0n) is 14.6. The normalized spacial score (nSPS) is 14.7. The second-order valence-corrected chi connectivity index (χ2v) is 6.28. The Kier molecular flexibility index (Phi) is 6.51. The second kappa shape index (κ2) is 7.94. The van der Waals surface area contributed by atoms with E-state index in [-0.39, 0.29) is 31.4 Å². The minimum absolute atomic E-state index is 0.0168. The first kappa shape index (κ1) is 19.7. The maximum absolute atomic E-state index is 12.5. The number of ether oxygens (including phenoxy) is 3. The van der Waals surface area contributed by atoms with Gasteiger partial charge in [-0.2, -0.15) is 0 Å². The second-order valence-electron chi connectivity index (χ2n) is 6.28. The van der Waals surface area contributed by atoms with Gasteiger partial charge in [-0.25, -0.2) is 9.69 Å². The number of rotatable bonds is 5. The molecular formula is C16H23NO7. The van der Waals surface area contributed by atoms with Crippen molar-refractivity contribution in [1.29, 1.82) is 0 Å². The van der Waals surface area contributed by atoms with Crippen LogP contribution < -0.4 is 0 Å². The van der Waals surface area contributed by atoms with Gasteiger partial charge >= 0.3 is 18.0 Å². The van der Waals surface area contributed by atoms with E-state index in [0.717, 1.165) is 4.90 Å². The highest BCUT2D eigenvalue weighted by Gasteiger charge is 2.37. The van der Waals surface area contributed by atoms with Gasteiger partial charge in [0.2, 0.25) is 0 Å². The predicted molar refractivity (Wildman–Crippen MR) is 82.9 cm³/mol. The average Bonchev–Trinajstić information content (AvgIpc) is 2.79. The van der Waals surface area contributed by atoms with Gasteiger partial charge in [-0.1, -0.05) is 0 Å². The summed E-state index contributed by atoms with van der Waals surface area (Å²) in [5.41, 5.74) is -0.0625. The van der Waals surface area contributed by atoms with Gasteiger partial charge in [0.15, 0.2) is 0 Å². The van der Waals surface area contributed by atoms with Crippen LogP contribution in [0, 0.1) is 0 Å². The fourth-order valence-corrected chi connectivity index (χ4v) is 2.14. The van der Waals surface area contributed by atoms with Gasteiger partial charge < -0.3 is 14.2 Å². The van der Waals surface area contributed by atoms with Crippen molar-refractivity contribution < 1.29 is 33.4 Å². The standard InChI is InChI=1S/C16H23NO7/c1-16(2,3)24-15(21)17-9-10(6-7-12(18)22-4)11(14(17)20)8-13(19)23-5/h6-9H2,1-5H3. The molecule has 0 spiro atoms. The van der Waals surface area contributed by atoms with Crippen molar-refractivity contribution in [2.45, 2.75) is 45.6 Å². The minimum Gasteiger partial charge on any atom is -0.469 e. The molecule has 0 aromatic carbocycles. The molecule has 0 aromatic rings. The highest BCUT2D eigenvalue weighted by Crippen LogP contribution is 2.27. The third-order valence-electron chi connectivity index (χ3n) is 3.30. The molecule has 0 bridgehead atoms. The Morgan fingerprint density at radius 1 is 1.08 bits per heavy atom. The van der Waals surface area contributed by atoms with Crippen molar-refractivity contribution in [3.8, 4) is 0 Å². The lowest BCUT2D eigenvalue weighted by Gasteiger charge is -2.23. The summed E-state index contributed by atoms with van der Waals surface area (Å²) in [6.07, 6.45) is -0.788. The van der Waals surface area contributed by atoms with Crippen molar-refractivity contribution in [3.05, 3.63) is 11.1 Å². The monoisotopic (exact) mass is 341 g/mol. The van der Waals surface area contributed by atoms with Gasteiger partial charge in [0.1, 0.15) is 5.60 Å². The molecule has 1 aliphatic rings. The Morgan fingerprint density at radius 2 is 1.67 bits per heavy atom. The van der Waals surface area contributed by atoms with Gasteiger partial charge in [0.05, 0.1) is 27.2 Å². The van der Waals surface area contributed by atoms with Crippen LogP contribution in [-0.4, -0.2) is 55.2 Å². The van der Waals surface area contributed by atoms with Crippen LogP contribution in [0.5, 0.6) is 0 Å². The van der Waals surface area contributed by atoms with Crippen LogP contribution in [0.15, 0.2) is 11.1 Å². The molecule has 0 saturated carbocycles. The van der Waals surface area contributed by atoms with Gasteiger partial charge in [-0.05, 0) is 32.8 Å². The lowest BCUT2D eigenvalue weighted by molar-refractivity contribution is -0.141. The molecule has 0 aliphatic carbocycles. The molecule has 0 aromatic heterocycles. The largest absolute Gasteiger partial charge is 0.469 e. The van der Waals surface area contributed by atoms with E-state index in [9.17, 15) is 19.2 Å². The molecule has 0 atom stereocenters. The molecule has 1 aliphatic heterocycles. The van der Waals surface area contributed by atoms with E-state index in [0.29, 0.717) is 5.57 Å². The summed E-state index contributed by atoms with van der Waals surface area (Å²) in [6, 6.07) is 0. The van der Waals surface area contributed by atoms with Crippen LogP contribution in [0.4, 0.5) is 4.79 Å². The Labute approximate surface area is 140 Å². The molecular weight excluding hydrogens is 318 g/mol. The average molecular weight is 341 g/mol. The van der Waals surface area contributed by atoms with E-state index >= 15 is 0 Å². The molecule has 0 unspecified atom stereocenters. The summed E-state index contributed by atoms with van der Waals surface area (Å²) in [6.45, 7) is 5.04. The first-order valence-electron chi connectivity index (χ1n) is 7.48. The molecule has 0 fully saturated rings. The fraction of sp³-hybridized carbons (Fsp3) is 0.625. The zero-order valence-corrected chi connectivity index (χ0v) is 14.6. The lowest BCUT2D eigenvalue weighted by atomic mass is 10.0. The van der Waals surface area contributed by atoms with E-state index in [1.165, 1.54) is 14.2 Å². The van der Waals surface area contributed by atoms with Gasteiger partial charge in [-0.15, -0.1) is 0 Å². The molecule has 1 rings (SSSR count). The lowest BCUT2D eigenvalue weighted by Crippen LogP contribution is -2.39. The number of amides is 2. The van der Waals surface area contributed by atoms with Crippen molar-refractivity contribution in [2.24, 2.45) is 0 Å². The summed E-state index contributed by atoms with van der Waals surface area (Å²) in [5, 5.41) is 0. The summed E-state index contributed by atoms with van der Waals surface area (Å²) < 4.78 is 14.3. The molecule has 24 heavy (non-hydrogen) atoms. The number of esters is 2. The molecule has 1 heterocycles. The van der Waals surface area contributed by atoms with Crippen LogP contribution in [0.25, 0.3) is 0 Å². The van der Waals surface area contributed by atoms with Crippen LogP contribution in [-0.2, 0) is 28.6 Å². The van der Waals surface area contributed by atoms with E-state index < -0.39 is 29.5 Å². The molecule has 8 heteroatoms. The first-order chi connectivity index (χ1) is 11.1. The quantitative estimate of drug-likeness (QED) is 0.553. The summed E-state index contributed by atoms with van der Waals surface area (Å²) in [7, 11) is 2.47. The third-order valence-corrected chi connectivity index (χ3v) is 3.30. The Balaban J connectivity index is 2.95. The number of nitrogens with zero attached hydrogens (tertiary/aromatic N) is 1. The first-order valence-corrected chi connectivity index (χ1v) is 7.48. The number of hydrogen-bond acceptors (Lipinski definition) is 7. The van der Waals surface area contributed by atoms with Crippen molar-refractivity contribution in [3.63, 3.8) is 0 Å². The highest BCUT2D eigenvalue weighted by molar-refractivity contribution is 6.07. The van der Waals surface area contributed by atoms with Crippen LogP contribution >= 0.6 is 0 Å². The molecule has 0 radical (unpaired) electrons. The summed E-state index contributed by atoms with van der Waals surface area (Å²) in [5.74, 6) is -1.64.